The van der Waals surface area contributed by atoms with Crippen molar-refractivity contribution < 1.29 is 9.59 Å². The molecule has 0 fully saturated rings. The number of carbonyl (C=O) groups is 2. The third-order valence-electron chi connectivity index (χ3n) is 5.44. The lowest BCUT2D eigenvalue weighted by atomic mass is 9.92. The molecule has 1 aliphatic heterocycles. The second-order valence-corrected chi connectivity index (χ2v) is 8.65. The molecule has 8 nitrogen and oxygen atoms in total. The number of nitrogens with one attached hydrogen (secondary N) is 4. The van der Waals surface area contributed by atoms with Crippen LogP contribution < -0.4 is 21.5 Å². The monoisotopic (exact) mass is 493 g/mol. The fourth-order valence-electron chi connectivity index (χ4n) is 3.97. The minimum Gasteiger partial charge on any atom is -0.326 e. The topological polar surface area (TPSA) is 116 Å². The zero-order valence-corrected chi connectivity index (χ0v) is 19.0. The van der Waals surface area contributed by atoms with Crippen LogP contribution in [0.3, 0.4) is 0 Å². The van der Waals surface area contributed by atoms with Gasteiger partial charge >= 0.3 is 0 Å². The normalized spacial score (nSPS) is 14.9. The van der Waals surface area contributed by atoms with Gasteiger partial charge in [0.15, 0.2) is 0 Å². The molecule has 170 valence electrons. The average molecular weight is 494 g/mol. The molecule has 4 N–H and O–H groups in total. The Morgan fingerprint density at radius 3 is 2.53 bits per heavy atom. The lowest BCUT2D eigenvalue weighted by Crippen LogP contribution is -2.36. The lowest BCUT2D eigenvalue weighted by Gasteiger charge is -2.24. The zero-order chi connectivity index (χ0) is 23.8. The number of amides is 2. The molecular formula is C24H17Cl2N5O3. The van der Waals surface area contributed by atoms with Crippen LogP contribution in [0.5, 0.6) is 0 Å². The molecule has 1 aromatic heterocycles. The van der Waals surface area contributed by atoms with Crippen molar-refractivity contribution in [1.82, 2.24) is 9.97 Å². The van der Waals surface area contributed by atoms with Crippen molar-refractivity contribution in [2.75, 3.05) is 16.0 Å². The maximum Gasteiger partial charge on any atom is 0.258 e. The number of H-pyrrole nitrogens is 1. The Morgan fingerprint density at radius 1 is 1.00 bits per heavy atom. The minimum absolute atomic E-state index is 0.0219. The lowest BCUT2D eigenvalue weighted by molar-refractivity contribution is -0.123. The van der Waals surface area contributed by atoms with E-state index in [1.807, 2.05) is 36.4 Å². The molecule has 5 rings (SSSR count). The van der Waals surface area contributed by atoms with Crippen LogP contribution in [0, 0.1) is 0 Å². The number of halogens is 2. The largest absolute Gasteiger partial charge is 0.326 e. The van der Waals surface area contributed by atoms with Gasteiger partial charge in [0.25, 0.3) is 5.56 Å². The van der Waals surface area contributed by atoms with Crippen LogP contribution in [-0.2, 0) is 9.59 Å². The molecule has 0 saturated carbocycles. The maximum atomic E-state index is 13.2. The van der Waals surface area contributed by atoms with E-state index >= 15 is 0 Å². The van der Waals surface area contributed by atoms with Crippen molar-refractivity contribution in [3.8, 4) is 0 Å². The Labute approximate surface area is 203 Å². The molecule has 0 unspecified atom stereocenters. The van der Waals surface area contributed by atoms with Gasteiger partial charge in [0.05, 0.1) is 11.5 Å². The first kappa shape index (κ1) is 21.9. The summed E-state index contributed by atoms with van der Waals surface area (Å²) in [6.07, 6.45) is -0.176. The summed E-state index contributed by atoms with van der Waals surface area (Å²) in [5, 5.41) is 11.0. The molecule has 1 atom stereocenters. The highest BCUT2D eigenvalue weighted by molar-refractivity contribution is 6.35. The number of anilines is 4. The van der Waals surface area contributed by atoms with Gasteiger partial charge in [-0.3, -0.25) is 19.4 Å². The molecule has 0 radical (unpaired) electrons. The molecule has 34 heavy (non-hydrogen) atoms. The van der Waals surface area contributed by atoms with Crippen LogP contribution in [0.4, 0.5) is 23.1 Å². The van der Waals surface area contributed by atoms with Gasteiger partial charge in [0.1, 0.15) is 5.82 Å². The number of benzene rings is 3. The summed E-state index contributed by atoms with van der Waals surface area (Å²) in [6.45, 7) is 0. The molecule has 3 aromatic carbocycles. The maximum absolute atomic E-state index is 13.2. The molecule has 4 aromatic rings. The summed E-state index contributed by atoms with van der Waals surface area (Å²) in [6, 6.07) is 17.9. The molecule has 1 aliphatic rings. The van der Waals surface area contributed by atoms with Gasteiger partial charge in [0, 0.05) is 33.2 Å². The number of hydrogen-bond acceptors (Lipinski definition) is 5. The van der Waals surface area contributed by atoms with E-state index in [2.05, 4.69) is 25.9 Å². The fraction of sp³-hybridized carbons (Fsp3) is 0.0833. The SMILES string of the molecule is O=C1C[C@H](C(=O)Nc2cccc3ccccc23)c2c(nc(Nc3cc(Cl)cc(Cl)c3)[nH]c2=O)N1. The predicted octanol–water partition coefficient (Wildman–Crippen LogP) is 5.04. The van der Waals surface area contributed by atoms with Crippen molar-refractivity contribution in [3.05, 3.63) is 86.6 Å². The number of carbonyl (C=O) groups excluding carboxylic acids is 2. The number of hydrogen-bond donors (Lipinski definition) is 4. The third-order valence-corrected chi connectivity index (χ3v) is 5.88. The average Bonchev–Trinajstić information content (AvgIpc) is 2.77. The minimum atomic E-state index is -1.01. The van der Waals surface area contributed by atoms with E-state index in [0.717, 1.165) is 10.8 Å². The van der Waals surface area contributed by atoms with E-state index in [4.69, 9.17) is 23.2 Å². The summed E-state index contributed by atoms with van der Waals surface area (Å²) in [5.74, 6) is -1.80. The fourth-order valence-corrected chi connectivity index (χ4v) is 4.50. The van der Waals surface area contributed by atoms with Gasteiger partial charge in [-0.1, -0.05) is 59.6 Å². The Bertz CT molecular complexity index is 1490. The standard InChI is InChI=1S/C24H17Cl2N5O3/c25-13-8-14(26)10-15(9-13)27-24-30-21-20(23(34)31-24)17(11-19(32)29-21)22(33)28-18-7-3-5-12-4-1-2-6-16(12)18/h1-10,17H,11H2,(H,28,33)(H3,27,29,30,31,32,34)/t17-/m0/s1. The Hall–Kier alpha value is -3.88. The van der Waals surface area contributed by atoms with Crippen LogP contribution in [0.15, 0.2) is 65.5 Å². The van der Waals surface area contributed by atoms with E-state index in [1.165, 1.54) is 0 Å². The summed E-state index contributed by atoms with van der Waals surface area (Å²) in [5.41, 5.74) is 0.634. The van der Waals surface area contributed by atoms with Gasteiger partial charge in [-0.15, -0.1) is 0 Å². The van der Waals surface area contributed by atoms with E-state index in [-0.39, 0.29) is 23.8 Å². The number of aromatic nitrogens is 2. The van der Waals surface area contributed by atoms with Crippen molar-refractivity contribution >= 4 is 68.9 Å². The van der Waals surface area contributed by atoms with E-state index < -0.39 is 23.3 Å². The molecule has 2 heterocycles. The van der Waals surface area contributed by atoms with Crippen molar-refractivity contribution in [2.45, 2.75) is 12.3 Å². The van der Waals surface area contributed by atoms with Crippen LogP contribution in [0.1, 0.15) is 17.9 Å². The molecule has 0 saturated heterocycles. The number of aromatic amines is 1. The number of fused-ring (bicyclic) bond motifs is 2. The molecule has 0 spiro atoms. The van der Waals surface area contributed by atoms with Gasteiger partial charge < -0.3 is 16.0 Å². The first-order valence-electron chi connectivity index (χ1n) is 10.3. The summed E-state index contributed by atoms with van der Waals surface area (Å²) in [4.78, 5) is 45.5. The highest BCUT2D eigenvalue weighted by Gasteiger charge is 2.35. The highest BCUT2D eigenvalue weighted by atomic mass is 35.5. The van der Waals surface area contributed by atoms with Gasteiger partial charge in [-0.25, -0.2) is 0 Å². The Balaban J connectivity index is 1.47. The van der Waals surface area contributed by atoms with Crippen LogP contribution in [-0.4, -0.2) is 21.8 Å². The van der Waals surface area contributed by atoms with Crippen LogP contribution in [0.25, 0.3) is 10.8 Å². The second-order valence-electron chi connectivity index (χ2n) is 7.78. The first-order chi connectivity index (χ1) is 16.4. The highest BCUT2D eigenvalue weighted by Crippen LogP contribution is 2.32. The summed E-state index contributed by atoms with van der Waals surface area (Å²) >= 11 is 12.0. The summed E-state index contributed by atoms with van der Waals surface area (Å²) < 4.78 is 0. The predicted molar refractivity (Wildman–Crippen MR) is 133 cm³/mol. The van der Waals surface area contributed by atoms with Crippen LogP contribution in [0.2, 0.25) is 10.0 Å². The van der Waals surface area contributed by atoms with Crippen LogP contribution >= 0.6 is 23.2 Å². The Kier molecular flexibility index (Phi) is 5.69. The van der Waals surface area contributed by atoms with E-state index in [9.17, 15) is 14.4 Å². The van der Waals surface area contributed by atoms with E-state index in [1.54, 1.807) is 24.3 Å². The first-order valence-corrected chi connectivity index (χ1v) is 11.1. The number of rotatable bonds is 4. The second kappa shape index (κ2) is 8.81. The van der Waals surface area contributed by atoms with Gasteiger partial charge in [-0.2, -0.15) is 4.98 Å². The van der Waals surface area contributed by atoms with Crippen molar-refractivity contribution in [3.63, 3.8) is 0 Å². The number of nitrogens with zero attached hydrogens (tertiary/aromatic N) is 1. The molecule has 0 bridgehead atoms. The van der Waals surface area contributed by atoms with Crippen molar-refractivity contribution in [1.29, 1.82) is 0 Å². The summed E-state index contributed by atoms with van der Waals surface area (Å²) in [7, 11) is 0. The quantitative estimate of drug-likeness (QED) is 0.317. The molecular weight excluding hydrogens is 477 g/mol. The smallest absolute Gasteiger partial charge is 0.258 e. The molecule has 2 amide bonds. The zero-order valence-electron chi connectivity index (χ0n) is 17.5. The van der Waals surface area contributed by atoms with E-state index in [0.29, 0.717) is 21.4 Å². The molecule has 10 heteroatoms. The Morgan fingerprint density at radius 2 is 1.74 bits per heavy atom. The third kappa shape index (κ3) is 4.33. The van der Waals surface area contributed by atoms with Gasteiger partial charge in [0.2, 0.25) is 17.8 Å². The van der Waals surface area contributed by atoms with Gasteiger partial charge in [-0.05, 0) is 29.7 Å². The molecule has 0 aliphatic carbocycles. The van der Waals surface area contributed by atoms with Crippen molar-refractivity contribution in [2.24, 2.45) is 0 Å².